The zero-order chi connectivity index (χ0) is 30.3. The highest BCUT2D eigenvalue weighted by Gasteiger charge is 2.15. The van der Waals surface area contributed by atoms with Gasteiger partial charge in [0.15, 0.2) is 0 Å². The first-order valence-electron chi connectivity index (χ1n) is 15.0. The second-order valence-corrected chi connectivity index (χ2v) is 11.1. The molecule has 0 aliphatic heterocycles. The largest absolute Gasteiger partial charge is 0.378 e. The number of urea groups is 2. The molecule has 3 aromatic rings. The molecule has 8 heteroatoms. The molecule has 226 valence electrons. The van der Waals surface area contributed by atoms with Crippen molar-refractivity contribution < 1.29 is 9.59 Å². The van der Waals surface area contributed by atoms with Gasteiger partial charge in [0.1, 0.15) is 0 Å². The number of nitrogens with one attached hydrogen (secondary N) is 3. The lowest BCUT2D eigenvalue weighted by Gasteiger charge is -2.24. The topological polar surface area (TPSA) is 80.0 Å². The second-order valence-electron chi connectivity index (χ2n) is 11.1. The Kier molecular flexibility index (Phi) is 13.0. The van der Waals surface area contributed by atoms with Crippen molar-refractivity contribution in [3.63, 3.8) is 0 Å². The number of carbonyl (C=O) groups is 2. The van der Waals surface area contributed by atoms with Gasteiger partial charge in [0.05, 0.1) is 0 Å². The lowest BCUT2D eigenvalue weighted by atomic mass is 10.1. The van der Waals surface area contributed by atoms with Crippen LogP contribution in [0.1, 0.15) is 51.0 Å². The summed E-state index contributed by atoms with van der Waals surface area (Å²) < 4.78 is 0. The van der Waals surface area contributed by atoms with Gasteiger partial charge in [-0.2, -0.15) is 0 Å². The van der Waals surface area contributed by atoms with E-state index in [0.717, 1.165) is 66.2 Å². The summed E-state index contributed by atoms with van der Waals surface area (Å²) in [5, 5.41) is 8.99. The molecule has 0 bridgehead atoms. The molecule has 0 spiro atoms. The minimum absolute atomic E-state index is 0.0748. The molecule has 3 rings (SSSR count). The van der Waals surface area contributed by atoms with Crippen molar-refractivity contribution in [3.05, 3.63) is 78.4 Å². The number of carbonyl (C=O) groups excluding carboxylic acids is 2. The summed E-state index contributed by atoms with van der Waals surface area (Å²) in [4.78, 5) is 32.0. The van der Waals surface area contributed by atoms with Crippen LogP contribution in [0.3, 0.4) is 0 Å². The van der Waals surface area contributed by atoms with Crippen LogP contribution < -0.4 is 25.8 Å². The van der Waals surface area contributed by atoms with Gasteiger partial charge in [0.25, 0.3) is 0 Å². The third-order valence-corrected chi connectivity index (χ3v) is 7.24. The Balaban J connectivity index is 1.58. The van der Waals surface area contributed by atoms with E-state index in [0.29, 0.717) is 6.54 Å². The van der Waals surface area contributed by atoms with Crippen molar-refractivity contribution in [3.8, 4) is 0 Å². The van der Waals surface area contributed by atoms with Gasteiger partial charge in [-0.25, -0.2) is 9.59 Å². The maximum atomic E-state index is 13.3. The number of hydrogen-bond donors (Lipinski definition) is 3. The van der Waals surface area contributed by atoms with E-state index in [-0.39, 0.29) is 12.1 Å². The summed E-state index contributed by atoms with van der Waals surface area (Å²) in [5.74, 6) is 0. The van der Waals surface area contributed by atoms with Gasteiger partial charge in [0, 0.05) is 69.7 Å². The van der Waals surface area contributed by atoms with Gasteiger partial charge in [-0.05, 0) is 79.4 Å². The number of benzene rings is 3. The van der Waals surface area contributed by atoms with Gasteiger partial charge in [-0.1, -0.05) is 50.8 Å². The predicted molar refractivity (Wildman–Crippen MR) is 178 cm³/mol. The molecule has 4 amide bonds. The maximum Gasteiger partial charge on any atom is 0.323 e. The Labute approximate surface area is 252 Å². The third kappa shape index (κ3) is 10.7. The van der Waals surface area contributed by atoms with Crippen molar-refractivity contribution in [1.29, 1.82) is 0 Å². The molecule has 0 aromatic heterocycles. The molecule has 0 radical (unpaired) electrons. The third-order valence-electron chi connectivity index (χ3n) is 7.24. The number of unbranched alkanes of at least 4 members (excludes halogenated alkanes) is 4. The summed E-state index contributed by atoms with van der Waals surface area (Å²) in [5.41, 5.74) is 5.49. The van der Waals surface area contributed by atoms with Crippen LogP contribution in [0.4, 0.5) is 38.0 Å². The fourth-order valence-corrected chi connectivity index (χ4v) is 4.71. The first-order valence-corrected chi connectivity index (χ1v) is 15.0. The lowest BCUT2D eigenvalue weighted by molar-refractivity contribution is 0.209. The Hall–Kier alpha value is -4.20. The van der Waals surface area contributed by atoms with Crippen LogP contribution in [0, 0.1) is 0 Å². The molecule has 0 fully saturated rings. The van der Waals surface area contributed by atoms with Crippen LogP contribution in [0.25, 0.3) is 0 Å². The zero-order valence-electron chi connectivity index (χ0n) is 26.0. The van der Waals surface area contributed by atoms with E-state index in [2.05, 4.69) is 22.9 Å². The fourth-order valence-electron chi connectivity index (χ4n) is 4.71. The van der Waals surface area contributed by atoms with Crippen molar-refractivity contribution in [2.45, 2.75) is 51.9 Å². The van der Waals surface area contributed by atoms with Gasteiger partial charge < -0.3 is 30.7 Å². The molecular formula is C34H48N6O2. The number of nitrogens with zero attached hydrogens (tertiary/aromatic N) is 3. The minimum atomic E-state index is -0.284. The normalized spacial score (nSPS) is 10.6. The molecule has 0 atom stereocenters. The van der Waals surface area contributed by atoms with Gasteiger partial charge in [0.2, 0.25) is 0 Å². The summed E-state index contributed by atoms with van der Waals surface area (Å²) in [7, 11) is 7.96. The highest BCUT2D eigenvalue weighted by Crippen LogP contribution is 2.20. The van der Waals surface area contributed by atoms with E-state index < -0.39 is 0 Å². The Morgan fingerprint density at radius 2 is 1.17 bits per heavy atom. The summed E-state index contributed by atoms with van der Waals surface area (Å²) in [6.45, 7) is 3.56. The minimum Gasteiger partial charge on any atom is -0.378 e. The number of hydrogen-bond acceptors (Lipinski definition) is 4. The highest BCUT2D eigenvalue weighted by molar-refractivity contribution is 6.00. The van der Waals surface area contributed by atoms with Crippen LogP contribution in [-0.2, 0) is 6.42 Å². The van der Waals surface area contributed by atoms with Crippen LogP contribution in [0.15, 0.2) is 72.8 Å². The monoisotopic (exact) mass is 572 g/mol. The molecule has 42 heavy (non-hydrogen) atoms. The molecule has 0 saturated heterocycles. The number of amides is 4. The number of anilines is 5. The van der Waals surface area contributed by atoms with E-state index in [4.69, 9.17) is 0 Å². The van der Waals surface area contributed by atoms with Crippen LogP contribution in [-0.4, -0.2) is 58.2 Å². The molecule has 0 aliphatic carbocycles. The van der Waals surface area contributed by atoms with Gasteiger partial charge in [-0.3, -0.25) is 0 Å². The Morgan fingerprint density at radius 3 is 1.76 bits per heavy atom. The zero-order valence-corrected chi connectivity index (χ0v) is 26.0. The molecule has 0 heterocycles. The molecule has 0 aliphatic rings. The highest BCUT2D eigenvalue weighted by atomic mass is 16.2. The smallest absolute Gasteiger partial charge is 0.323 e. The predicted octanol–water partition coefficient (Wildman–Crippen LogP) is 7.90. The van der Waals surface area contributed by atoms with Gasteiger partial charge in [-0.15, -0.1) is 0 Å². The van der Waals surface area contributed by atoms with E-state index in [1.54, 1.807) is 0 Å². The average molecular weight is 573 g/mol. The van der Waals surface area contributed by atoms with Crippen molar-refractivity contribution >= 4 is 40.5 Å². The first kappa shape index (κ1) is 32.3. The summed E-state index contributed by atoms with van der Waals surface area (Å²) >= 11 is 0. The molecule has 8 nitrogen and oxygen atoms in total. The van der Waals surface area contributed by atoms with Crippen molar-refractivity contribution in [2.75, 3.05) is 67.0 Å². The summed E-state index contributed by atoms with van der Waals surface area (Å²) in [6.07, 6.45) is 7.25. The average Bonchev–Trinajstić information content (AvgIpc) is 2.97. The SMILES string of the molecule is CCCCCCCN(CCCc1ccccc1NC(=O)Nc1ccc(N(C)C)cc1)C(=O)Nc1ccc(N(C)C)cc1. The number of para-hydroxylation sites is 1. The first-order chi connectivity index (χ1) is 20.3. The summed E-state index contributed by atoms with van der Waals surface area (Å²) in [6, 6.07) is 23.1. The number of aryl methyl sites for hydroxylation is 1. The Bertz CT molecular complexity index is 1240. The van der Waals surface area contributed by atoms with E-state index >= 15 is 0 Å². The van der Waals surface area contributed by atoms with Crippen molar-refractivity contribution in [2.24, 2.45) is 0 Å². The van der Waals surface area contributed by atoms with Gasteiger partial charge >= 0.3 is 12.1 Å². The maximum absolute atomic E-state index is 13.3. The van der Waals surface area contributed by atoms with Crippen LogP contribution >= 0.6 is 0 Å². The van der Waals surface area contributed by atoms with Crippen molar-refractivity contribution in [1.82, 2.24) is 4.90 Å². The van der Waals surface area contributed by atoms with Crippen LogP contribution in [0.2, 0.25) is 0 Å². The Morgan fingerprint density at radius 1 is 0.619 bits per heavy atom. The van der Waals surface area contributed by atoms with Crippen LogP contribution in [0.5, 0.6) is 0 Å². The number of rotatable bonds is 15. The molecule has 0 saturated carbocycles. The molecular weight excluding hydrogens is 524 g/mol. The fraction of sp³-hybridized carbons (Fsp3) is 0.412. The standard InChI is InChI=1S/C34H48N6O2/c1-6-7-8-9-12-25-40(34(42)36-29-19-23-31(24-20-29)39(4)5)26-13-15-27-14-10-11-16-32(27)37-33(41)35-28-17-21-30(22-18-28)38(2)3/h10-11,14,16-24H,6-9,12-13,15,25-26H2,1-5H3,(H,36,42)(H2,35,37,41). The quantitative estimate of drug-likeness (QED) is 0.162. The van der Waals surface area contributed by atoms with E-state index in [1.807, 2.05) is 116 Å². The lowest BCUT2D eigenvalue weighted by Crippen LogP contribution is -2.36. The van der Waals surface area contributed by atoms with E-state index in [9.17, 15) is 9.59 Å². The molecule has 3 aromatic carbocycles. The van der Waals surface area contributed by atoms with E-state index in [1.165, 1.54) is 19.3 Å². The second kappa shape index (κ2) is 16.9. The molecule has 3 N–H and O–H groups in total. The molecule has 0 unspecified atom stereocenters.